The minimum absolute atomic E-state index is 0.117. The van der Waals surface area contributed by atoms with Gasteiger partial charge in [-0.2, -0.15) is 0 Å². The molecule has 1 rings (SSSR count). The van der Waals surface area contributed by atoms with E-state index < -0.39 is 0 Å². The van der Waals surface area contributed by atoms with Crippen molar-refractivity contribution in [2.24, 2.45) is 0 Å². The van der Waals surface area contributed by atoms with Crippen LogP contribution in [0.2, 0.25) is 15.1 Å². The molecule has 0 bridgehead atoms. The number of hydrogen-bond acceptors (Lipinski definition) is 1. The smallest absolute Gasteiger partial charge is 0.177 e. The SMILES string of the molecule is CC(Br)C(=O)c1ccc(Cl)c(Cl)c1Cl. The molecule has 0 heterocycles. The Balaban J connectivity index is 3.24. The normalized spacial score (nSPS) is 12.6. The number of carbonyl (C=O) groups excluding carboxylic acids is 1. The Bertz CT molecular complexity index is 377. The number of Topliss-reactive ketones (excluding diaryl/α,β-unsaturated/α-hetero) is 1. The van der Waals surface area contributed by atoms with E-state index in [1.165, 1.54) is 0 Å². The molecular weight excluding hydrogens is 310 g/mol. The lowest BCUT2D eigenvalue weighted by Crippen LogP contribution is -2.10. The fourth-order valence-corrected chi connectivity index (χ4v) is 1.81. The molecule has 0 spiro atoms. The second-order valence-corrected chi connectivity index (χ2v) is 5.24. The molecule has 0 aliphatic rings. The number of alkyl halides is 1. The first kappa shape index (κ1) is 12.3. The van der Waals surface area contributed by atoms with E-state index in [4.69, 9.17) is 34.8 Å². The molecule has 5 heteroatoms. The third-order valence-corrected chi connectivity index (χ3v) is 3.37. The second kappa shape index (κ2) is 4.84. The van der Waals surface area contributed by atoms with Gasteiger partial charge in [0.1, 0.15) is 0 Å². The molecule has 1 atom stereocenters. The molecular formula is C9H6BrCl3O. The maximum absolute atomic E-state index is 11.6. The van der Waals surface area contributed by atoms with E-state index in [2.05, 4.69) is 15.9 Å². The minimum atomic E-state index is -0.294. The van der Waals surface area contributed by atoms with Crippen LogP contribution in [0.4, 0.5) is 0 Å². The minimum Gasteiger partial charge on any atom is -0.293 e. The number of rotatable bonds is 2. The van der Waals surface area contributed by atoms with E-state index >= 15 is 0 Å². The van der Waals surface area contributed by atoms with Crippen LogP contribution in [0.5, 0.6) is 0 Å². The van der Waals surface area contributed by atoms with Crippen molar-refractivity contribution in [2.45, 2.75) is 11.8 Å². The van der Waals surface area contributed by atoms with Crippen LogP contribution in [0.25, 0.3) is 0 Å². The quantitative estimate of drug-likeness (QED) is 0.442. The molecule has 76 valence electrons. The van der Waals surface area contributed by atoms with Crippen LogP contribution in [-0.4, -0.2) is 10.6 Å². The number of halogens is 4. The highest BCUT2D eigenvalue weighted by molar-refractivity contribution is 9.10. The number of ketones is 1. The Hall–Kier alpha value is 0.240. The number of carbonyl (C=O) groups is 1. The Morgan fingerprint density at radius 3 is 2.36 bits per heavy atom. The third-order valence-electron chi connectivity index (χ3n) is 1.66. The Labute approximate surface area is 105 Å². The zero-order chi connectivity index (χ0) is 10.9. The van der Waals surface area contributed by atoms with Crippen molar-refractivity contribution in [3.05, 3.63) is 32.8 Å². The van der Waals surface area contributed by atoms with E-state index in [1.54, 1.807) is 19.1 Å². The lowest BCUT2D eigenvalue weighted by Gasteiger charge is -2.07. The third kappa shape index (κ3) is 2.43. The first-order valence-electron chi connectivity index (χ1n) is 3.77. The van der Waals surface area contributed by atoms with Crippen LogP contribution < -0.4 is 0 Å². The molecule has 0 radical (unpaired) electrons. The highest BCUT2D eigenvalue weighted by atomic mass is 79.9. The summed E-state index contributed by atoms with van der Waals surface area (Å²) in [5, 5.41) is 0.762. The lowest BCUT2D eigenvalue weighted by atomic mass is 10.1. The van der Waals surface area contributed by atoms with E-state index in [1.807, 2.05) is 0 Å². The van der Waals surface area contributed by atoms with Gasteiger partial charge < -0.3 is 0 Å². The van der Waals surface area contributed by atoms with Gasteiger partial charge in [0.05, 0.1) is 19.9 Å². The van der Waals surface area contributed by atoms with Gasteiger partial charge in [0.15, 0.2) is 5.78 Å². The average Bonchev–Trinajstić information content (AvgIpc) is 2.13. The largest absolute Gasteiger partial charge is 0.293 e. The van der Waals surface area contributed by atoms with Crippen LogP contribution in [0.3, 0.4) is 0 Å². The number of benzene rings is 1. The van der Waals surface area contributed by atoms with Crippen molar-refractivity contribution in [3.8, 4) is 0 Å². The fourth-order valence-electron chi connectivity index (χ4n) is 0.930. The van der Waals surface area contributed by atoms with Gasteiger partial charge in [-0.25, -0.2) is 0 Å². The zero-order valence-corrected chi connectivity index (χ0v) is 11.0. The fraction of sp³-hybridized carbons (Fsp3) is 0.222. The van der Waals surface area contributed by atoms with E-state index in [0.717, 1.165) is 0 Å². The molecule has 14 heavy (non-hydrogen) atoms. The Morgan fingerprint density at radius 1 is 1.29 bits per heavy atom. The molecule has 0 saturated heterocycles. The highest BCUT2D eigenvalue weighted by Gasteiger charge is 2.18. The van der Waals surface area contributed by atoms with Crippen LogP contribution in [0.15, 0.2) is 12.1 Å². The van der Waals surface area contributed by atoms with Gasteiger partial charge in [-0.1, -0.05) is 50.7 Å². The van der Waals surface area contributed by atoms with E-state index in [9.17, 15) is 4.79 Å². The van der Waals surface area contributed by atoms with Gasteiger partial charge in [-0.15, -0.1) is 0 Å². The summed E-state index contributed by atoms with van der Waals surface area (Å²) < 4.78 is 0. The van der Waals surface area contributed by atoms with Crippen molar-refractivity contribution in [3.63, 3.8) is 0 Å². The summed E-state index contributed by atoms with van der Waals surface area (Å²) in [6, 6.07) is 3.12. The first-order chi connectivity index (χ1) is 6.45. The average molecular weight is 316 g/mol. The topological polar surface area (TPSA) is 17.1 Å². The molecule has 0 fully saturated rings. The van der Waals surface area contributed by atoms with E-state index in [-0.39, 0.29) is 20.7 Å². The van der Waals surface area contributed by atoms with Crippen molar-refractivity contribution in [1.82, 2.24) is 0 Å². The van der Waals surface area contributed by atoms with Crippen molar-refractivity contribution >= 4 is 56.5 Å². The van der Waals surface area contributed by atoms with Crippen molar-refractivity contribution in [1.29, 1.82) is 0 Å². The van der Waals surface area contributed by atoms with Gasteiger partial charge in [-0.05, 0) is 19.1 Å². The van der Waals surface area contributed by atoms with Crippen molar-refractivity contribution in [2.75, 3.05) is 0 Å². The van der Waals surface area contributed by atoms with Gasteiger partial charge in [0.2, 0.25) is 0 Å². The predicted molar refractivity (Wildman–Crippen MR) is 64.2 cm³/mol. The molecule has 0 aliphatic heterocycles. The Kier molecular flexibility index (Phi) is 4.26. The summed E-state index contributed by atoms with van der Waals surface area (Å²) in [6.07, 6.45) is 0. The summed E-state index contributed by atoms with van der Waals surface area (Å²) in [4.78, 5) is 11.3. The first-order valence-corrected chi connectivity index (χ1v) is 5.82. The van der Waals surface area contributed by atoms with Gasteiger partial charge in [-0.3, -0.25) is 4.79 Å². The summed E-state index contributed by atoms with van der Waals surface area (Å²) in [5.41, 5.74) is 0.380. The summed E-state index contributed by atoms with van der Waals surface area (Å²) in [6.45, 7) is 1.72. The second-order valence-electron chi connectivity index (χ2n) is 2.70. The summed E-state index contributed by atoms with van der Waals surface area (Å²) in [7, 11) is 0. The predicted octanol–water partition coefficient (Wildman–Crippen LogP) is 4.61. The molecule has 1 aromatic carbocycles. The molecule has 0 aromatic heterocycles. The standard InChI is InChI=1S/C9H6BrCl3O/c1-4(10)9(14)5-2-3-6(11)8(13)7(5)12/h2-4H,1H3. The van der Waals surface area contributed by atoms with Crippen LogP contribution in [0.1, 0.15) is 17.3 Å². The molecule has 0 aliphatic carbocycles. The molecule has 0 saturated carbocycles. The monoisotopic (exact) mass is 314 g/mol. The summed E-state index contributed by atoms with van der Waals surface area (Å²) in [5.74, 6) is -0.117. The van der Waals surface area contributed by atoms with Crippen LogP contribution >= 0.6 is 50.7 Å². The summed E-state index contributed by atoms with van der Waals surface area (Å²) >= 11 is 20.6. The lowest BCUT2D eigenvalue weighted by molar-refractivity contribution is 0.0996. The Morgan fingerprint density at radius 2 is 1.86 bits per heavy atom. The maximum Gasteiger partial charge on any atom is 0.177 e. The molecule has 1 nitrogen and oxygen atoms in total. The molecule has 1 aromatic rings. The zero-order valence-electron chi connectivity index (χ0n) is 7.15. The van der Waals surface area contributed by atoms with Crippen molar-refractivity contribution < 1.29 is 4.79 Å². The van der Waals surface area contributed by atoms with Crippen LogP contribution in [-0.2, 0) is 0 Å². The molecule has 0 N–H and O–H groups in total. The maximum atomic E-state index is 11.6. The van der Waals surface area contributed by atoms with Gasteiger partial charge in [0.25, 0.3) is 0 Å². The molecule has 0 amide bonds. The highest BCUT2D eigenvalue weighted by Crippen LogP contribution is 2.33. The van der Waals surface area contributed by atoms with Gasteiger partial charge >= 0.3 is 0 Å². The molecule has 1 unspecified atom stereocenters. The van der Waals surface area contributed by atoms with E-state index in [0.29, 0.717) is 10.6 Å². The number of hydrogen-bond donors (Lipinski definition) is 0. The van der Waals surface area contributed by atoms with Crippen LogP contribution in [0, 0.1) is 0 Å². The van der Waals surface area contributed by atoms with Gasteiger partial charge in [0, 0.05) is 5.56 Å².